The zero-order chi connectivity index (χ0) is 12.3. The van der Waals surface area contributed by atoms with Gasteiger partial charge in [0.25, 0.3) is 0 Å². The van der Waals surface area contributed by atoms with Crippen LogP contribution in [0.3, 0.4) is 0 Å². The fourth-order valence-corrected chi connectivity index (χ4v) is 3.52. The van der Waals surface area contributed by atoms with Crippen molar-refractivity contribution in [3.8, 4) is 0 Å². The average molecular weight is 252 g/mol. The molecule has 1 spiro atoms. The monoisotopic (exact) mass is 252 g/mol. The molecule has 0 aromatic heterocycles. The summed E-state index contributed by atoms with van der Waals surface area (Å²) in [4.78, 5) is 2.62. The molecule has 0 bridgehead atoms. The van der Waals surface area contributed by atoms with Gasteiger partial charge < -0.3 is 10.1 Å². The summed E-state index contributed by atoms with van der Waals surface area (Å²) in [6.45, 7) is 6.71. The van der Waals surface area contributed by atoms with Crippen LogP contribution < -0.4 is 5.32 Å². The Hall–Kier alpha value is -0.120. The van der Waals surface area contributed by atoms with Gasteiger partial charge in [0, 0.05) is 38.3 Å². The van der Waals surface area contributed by atoms with Gasteiger partial charge in [0.05, 0.1) is 6.61 Å². The summed E-state index contributed by atoms with van der Waals surface area (Å²) in [5.41, 5.74) is 0.451. The van der Waals surface area contributed by atoms with Crippen molar-refractivity contribution >= 4 is 0 Å². The maximum absolute atomic E-state index is 5.77. The number of nitrogens with one attached hydrogen (secondary N) is 1. The van der Waals surface area contributed by atoms with E-state index in [-0.39, 0.29) is 0 Å². The Balaban J connectivity index is 1.38. The van der Waals surface area contributed by atoms with Gasteiger partial charge in [0.1, 0.15) is 0 Å². The number of hydrogen-bond acceptors (Lipinski definition) is 3. The topological polar surface area (TPSA) is 24.5 Å². The molecule has 0 atom stereocenters. The minimum atomic E-state index is 0.451. The minimum Gasteiger partial charge on any atom is -0.380 e. The molecular weight excluding hydrogens is 224 g/mol. The SMILES string of the molecule is C1CCC2(CC1)CN(CCOCC1CC1)CCN2. The highest BCUT2D eigenvalue weighted by Gasteiger charge is 2.35. The van der Waals surface area contributed by atoms with E-state index in [1.807, 2.05) is 0 Å². The molecular formula is C15H28N2O. The Morgan fingerprint density at radius 1 is 1.17 bits per heavy atom. The molecule has 1 aliphatic heterocycles. The zero-order valence-electron chi connectivity index (χ0n) is 11.6. The largest absolute Gasteiger partial charge is 0.380 e. The third-order valence-corrected chi connectivity index (χ3v) is 4.87. The van der Waals surface area contributed by atoms with Crippen LogP contribution in [0.1, 0.15) is 44.9 Å². The molecule has 0 amide bonds. The first-order chi connectivity index (χ1) is 8.86. The van der Waals surface area contributed by atoms with Crippen molar-refractivity contribution in [2.75, 3.05) is 39.4 Å². The average Bonchev–Trinajstić information content (AvgIpc) is 3.20. The minimum absolute atomic E-state index is 0.451. The van der Waals surface area contributed by atoms with Gasteiger partial charge in [0.15, 0.2) is 0 Å². The lowest BCUT2D eigenvalue weighted by molar-refractivity contribution is 0.0565. The molecule has 3 nitrogen and oxygen atoms in total. The van der Waals surface area contributed by atoms with Crippen LogP contribution in [-0.4, -0.2) is 49.8 Å². The van der Waals surface area contributed by atoms with Crippen molar-refractivity contribution in [2.24, 2.45) is 5.92 Å². The molecule has 3 fully saturated rings. The number of hydrogen-bond donors (Lipinski definition) is 1. The van der Waals surface area contributed by atoms with E-state index in [2.05, 4.69) is 10.2 Å². The van der Waals surface area contributed by atoms with E-state index in [1.165, 1.54) is 64.6 Å². The molecule has 104 valence electrons. The van der Waals surface area contributed by atoms with Crippen LogP contribution >= 0.6 is 0 Å². The van der Waals surface area contributed by atoms with Crippen molar-refractivity contribution in [1.29, 1.82) is 0 Å². The van der Waals surface area contributed by atoms with Gasteiger partial charge in [-0.1, -0.05) is 19.3 Å². The van der Waals surface area contributed by atoms with Crippen molar-refractivity contribution in [2.45, 2.75) is 50.5 Å². The maximum atomic E-state index is 5.77. The fraction of sp³-hybridized carbons (Fsp3) is 1.00. The van der Waals surface area contributed by atoms with E-state index in [1.54, 1.807) is 0 Å². The van der Waals surface area contributed by atoms with E-state index in [0.29, 0.717) is 5.54 Å². The zero-order valence-corrected chi connectivity index (χ0v) is 11.6. The van der Waals surface area contributed by atoms with Crippen molar-refractivity contribution in [3.63, 3.8) is 0 Å². The maximum Gasteiger partial charge on any atom is 0.0593 e. The second-order valence-electron chi connectivity index (χ2n) is 6.56. The Morgan fingerprint density at radius 3 is 2.78 bits per heavy atom. The van der Waals surface area contributed by atoms with Crippen LogP contribution in [0.5, 0.6) is 0 Å². The van der Waals surface area contributed by atoms with Gasteiger partial charge in [-0.15, -0.1) is 0 Å². The van der Waals surface area contributed by atoms with Crippen LogP contribution in [-0.2, 0) is 4.74 Å². The lowest BCUT2D eigenvalue weighted by Gasteiger charge is -2.46. The summed E-state index contributed by atoms with van der Waals surface area (Å²) in [6.07, 6.45) is 9.83. The number of rotatable bonds is 5. The smallest absolute Gasteiger partial charge is 0.0593 e. The lowest BCUT2D eigenvalue weighted by atomic mass is 9.80. The van der Waals surface area contributed by atoms with Crippen molar-refractivity contribution in [3.05, 3.63) is 0 Å². The molecule has 0 unspecified atom stereocenters. The predicted octanol–water partition coefficient (Wildman–Crippen LogP) is 2.02. The Bertz CT molecular complexity index is 254. The Kier molecular flexibility index (Phi) is 4.22. The first-order valence-electron chi connectivity index (χ1n) is 7.91. The molecule has 0 aromatic rings. The summed E-state index contributed by atoms with van der Waals surface area (Å²) in [5.74, 6) is 0.901. The molecule has 1 heterocycles. The van der Waals surface area contributed by atoms with E-state index >= 15 is 0 Å². The van der Waals surface area contributed by atoms with Crippen LogP contribution in [0, 0.1) is 5.92 Å². The Labute approximate surface area is 111 Å². The molecule has 3 rings (SSSR count). The standard InChI is InChI=1S/C15H28N2O/c1-2-6-15(7-3-1)13-17(9-8-16-15)10-11-18-12-14-4-5-14/h14,16H,1-13H2. The molecule has 2 saturated carbocycles. The summed E-state index contributed by atoms with van der Waals surface area (Å²) >= 11 is 0. The van der Waals surface area contributed by atoms with Gasteiger partial charge in [-0.25, -0.2) is 0 Å². The van der Waals surface area contributed by atoms with Gasteiger partial charge in [-0.2, -0.15) is 0 Å². The van der Waals surface area contributed by atoms with Crippen LogP contribution in [0.15, 0.2) is 0 Å². The normalized spacial score (nSPS) is 28.7. The van der Waals surface area contributed by atoms with E-state index in [4.69, 9.17) is 4.74 Å². The second-order valence-corrected chi connectivity index (χ2v) is 6.56. The van der Waals surface area contributed by atoms with Crippen LogP contribution in [0.2, 0.25) is 0 Å². The highest BCUT2D eigenvalue weighted by molar-refractivity contribution is 4.96. The molecule has 1 saturated heterocycles. The first kappa shape index (κ1) is 12.9. The van der Waals surface area contributed by atoms with Crippen molar-refractivity contribution in [1.82, 2.24) is 10.2 Å². The predicted molar refractivity (Wildman–Crippen MR) is 73.8 cm³/mol. The fourth-order valence-electron chi connectivity index (χ4n) is 3.52. The molecule has 0 aromatic carbocycles. The summed E-state index contributed by atoms with van der Waals surface area (Å²) < 4.78 is 5.77. The third-order valence-electron chi connectivity index (χ3n) is 4.87. The summed E-state index contributed by atoms with van der Waals surface area (Å²) in [7, 11) is 0. The highest BCUT2D eigenvalue weighted by Crippen LogP contribution is 2.30. The van der Waals surface area contributed by atoms with Gasteiger partial charge in [-0.3, -0.25) is 4.90 Å². The number of ether oxygens (including phenoxy) is 1. The van der Waals surface area contributed by atoms with E-state index in [0.717, 1.165) is 25.7 Å². The van der Waals surface area contributed by atoms with Gasteiger partial charge in [-0.05, 0) is 31.6 Å². The number of nitrogens with zero attached hydrogens (tertiary/aromatic N) is 1. The Morgan fingerprint density at radius 2 is 2.00 bits per heavy atom. The van der Waals surface area contributed by atoms with Crippen LogP contribution in [0.25, 0.3) is 0 Å². The quantitative estimate of drug-likeness (QED) is 0.758. The van der Waals surface area contributed by atoms with Crippen LogP contribution in [0.4, 0.5) is 0 Å². The van der Waals surface area contributed by atoms with Crippen molar-refractivity contribution < 1.29 is 4.74 Å². The molecule has 18 heavy (non-hydrogen) atoms. The van der Waals surface area contributed by atoms with Gasteiger partial charge in [0.2, 0.25) is 0 Å². The molecule has 1 N–H and O–H groups in total. The molecule has 3 aliphatic rings. The lowest BCUT2D eigenvalue weighted by Crippen LogP contribution is -2.61. The first-order valence-corrected chi connectivity index (χ1v) is 7.91. The molecule has 3 heteroatoms. The second kappa shape index (κ2) is 5.89. The number of piperazine rings is 1. The summed E-state index contributed by atoms with van der Waals surface area (Å²) in [6, 6.07) is 0. The van der Waals surface area contributed by atoms with E-state index < -0.39 is 0 Å². The van der Waals surface area contributed by atoms with E-state index in [9.17, 15) is 0 Å². The van der Waals surface area contributed by atoms with Gasteiger partial charge >= 0.3 is 0 Å². The highest BCUT2D eigenvalue weighted by atomic mass is 16.5. The molecule has 0 radical (unpaired) electrons. The summed E-state index contributed by atoms with van der Waals surface area (Å²) in [5, 5.41) is 3.80. The third kappa shape index (κ3) is 3.46. The molecule has 2 aliphatic carbocycles.